The largest absolute Gasteiger partial charge is 0.349 e. The lowest BCUT2D eigenvalue weighted by Gasteiger charge is -2.34. The topological polar surface area (TPSA) is 41.1 Å². The molecule has 0 bridgehead atoms. The van der Waals surface area contributed by atoms with Gasteiger partial charge < -0.3 is 10.6 Å². The molecule has 1 saturated heterocycles. The molecule has 0 radical (unpaired) electrons. The molecule has 2 rings (SSSR count). The fourth-order valence-electron chi connectivity index (χ4n) is 2.80. The molecule has 0 saturated carbocycles. The lowest BCUT2D eigenvalue weighted by atomic mass is 9.81. The Bertz CT molecular complexity index is 473. The van der Waals surface area contributed by atoms with Gasteiger partial charge in [-0.15, -0.1) is 0 Å². The quantitative estimate of drug-likeness (QED) is 0.899. The number of rotatable bonds is 3. The second-order valence-corrected chi connectivity index (χ2v) is 6.88. The maximum atomic E-state index is 13.1. The third kappa shape index (κ3) is 4.27. The van der Waals surface area contributed by atoms with E-state index in [1.165, 1.54) is 12.1 Å². The van der Waals surface area contributed by atoms with Crippen molar-refractivity contribution >= 4 is 5.91 Å². The molecule has 0 aromatic heterocycles. The van der Waals surface area contributed by atoms with Crippen molar-refractivity contribution in [3.8, 4) is 0 Å². The van der Waals surface area contributed by atoms with Crippen molar-refractivity contribution in [3.63, 3.8) is 0 Å². The summed E-state index contributed by atoms with van der Waals surface area (Å²) in [6.45, 7) is 8.06. The normalized spacial score (nSPS) is 18.3. The van der Waals surface area contributed by atoms with E-state index >= 15 is 0 Å². The van der Waals surface area contributed by atoms with Crippen molar-refractivity contribution in [2.75, 3.05) is 13.1 Å². The Hall–Kier alpha value is -1.42. The van der Waals surface area contributed by atoms with Gasteiger partial charge in [0.25, 0.3) is 0 Å². The molecule has 3 nitrogen and oxygen atoms in total. The maximum Gasteiger partial charge on any atom is 0.223 e. The van der Waals surface area contributed by atoms with E-state index in [1.54, 1.807) is 12.1 Å². The van der Waals surface area contributed by atoms with Crippen molar-refractivity contribution in [3.05, 3.63) is 35.6 Å². The lowest BCUT2D eigenvalue weighted by molar-refractivity contribution is -0.127. The van der Waals surface area contributed by atoms with E-state index in [2.05, 4.69) is 31.4 Å². The predicted octanol–water partition coefficient (Wildman–Crippen LogP) is 3.03. The number of piperidine rings is 1. The average Bonchev–Trinajstić information content (AvgIpc) is 2.45. The second-order valence-electron chi connectivity index (χ2n) is 6.88. The monoisotopic (exact) mass is 292 g/mol. The van der Waals surface area contributed by atoms with Crippen LogP contribution in [0.25, 0.3) is 0 Å². The zero-order chi connectivity index (χ0) is 15.5. The minimum atomic E-state index is -0.254. The molecule has 1 aliphatic rings. The lowest BCUT2D eigenvalue weighted by Crippen LogP contribution is -2.43. The number of amides is 1. The number of hydrogen-bond acceptors (Lipinski definition) is 2. The van der Waals surface area contributed by atoms with Gasteiger partial charge in [0, 0.05) is 5.92 Å². The summed E-state index contributed by atoms with van der Waals surface area (Å²) in [5, 5.41) is 6.44. The van der Waals surface area contributed by atoms with Crippen molar-refractivity contribution in [1.82, 2.24) is 10.6 Å². The SMILES string of the molecule is CC(C)(C)C(NC(=O)C1CCNCC1)c1ccc(F)cc1. The van der Waals surface area contributed by atoms with Crippen LogP contribution in [0.3, 0.4) is 0 Å². The van der Waals surface area contributed by atoms with E-state index in [4.69, 9.17) is 0 Å². The van der Waals surface area contributed by atoms with Gasteiger partial charge >= 0.3 is 0 Å². The molecule has 0 spiro atoms. The summed E-state index contributed by atoms with van der Waals surface area (Å²) in [6.07, 6.45) is 1.76. The first-order chi connectivity index (χ1) is 9.88. The van der Waals surface area contributed by atoms with Crippen LogP contribution in [-0.2, 0) is 4.79 Å². The number of nitrogens with one attached hydrogen (secondary N) is 2. The molecule has 4 heteroatoms. The summed E-state index contributed by atoms with van der Waals surface area (Å²) < 4.78 is 13.1. The Labute approximate surface area is 126 Å². The third-order valence-corrected chi connectivity index (χ3v) is 4.07. The summed E-state index contributed by atoms with van der Waals surface area (Å²) in [5.41, 5.74) is 0.826. The summed E-state index contributed by atoms with van der Waals surface area (Å²) >= 11 is 0. The van der Waals surface area contributed by atoms with Crippen molar-refractivity contribution in [1.29, 1.82) is 0 Å². The number of carbonyl (C=O) groups is 1. The van der Waals surface area contributed by atoms with E-state index in [0.717, 1.165) is 31.5 Å². The molecule has 1 fully saturated rings. The van der Waals surface area contributed by atoms with Gasteiger partial charge in [-0.1, -0.05) is 32.9 Å². The van der Waals surface area contributed by atoms with Crippen molar-refractivity contribution < 1.29 is 9.18 Å². The molecule has 21 heavy (non-hydrogen) atoms. The highest BCUT2D eigenvalue weighted by molar-refractivity contribution is 5.79. The van der Waals surface area contributed by atoms with Gasteiger partial charge in [0.05, 0.1) is 6.04 Å². The van der Waals surface area contributed by atoms with Crippen LogP contribution in [0.5, 0.6) is 0 Å². The molecular formula is C17H25FN2O. The van der Waals surface area contributed by atoms with E-state index in [1.807, 2.05) is 0 Å². The number of carbonyl (C=O) groups excluding carboxylic acids is 1. The first-order valence-corrected chi connectivity index (χ1v) is 7.64. The minimum absolute atomic E-state index is 0.0801. The highest BCUT2D eigenvalue weighted by Gasteiger charge is 2.30. The van der Waals surface area contributed by atoms with Gasteiger partial charge in [-0.2, -0.15) is 0 Å². The van der Waals surface area contributed by atoms with E-state index < -0.39 is 0 Å². The van der Waals surface area contributed by atoms with Gasteiger partial charge in [0.1, 0.15) is 5.82 Å². The number of hydrogen-bond donors (Lipinski definition) is 2. The van der Waals surface area contributed by atoms with Crippen LogP contribution in [-0.4, -0.2) is 19.0 Å². The first kappa shape index (κ1) is 16.0. The summed E-state index contributed by atoms with van der Waals surface area (Å²) in [4.78, 5) is 12.5. The van der Waals surface area contributed by atoms with E-state index in [9.17, 15) is 9.18 Å². The molecule has 1 heterocycles. The maximum absolute atomic E-state index is 13.1. The summed E-state index contributed by atoms with van der Waals surface area (Å²) in [7, 11) is 0. The van der Waals surface area contributed by atoms with Gasteiger partial charge in [0.2, 0.25) is 5.91 Å². The fourth-order valence-corrected chi connectivity index (χ4v) is 2.80. The molecule has 1 unspecified atom stereocenters. The van der Waals surface area contributed by atoms with Gasteiger partial charge in [-0.3, -0.25) is 4.79 Å². The Balaban J connectivity index is 2.13. The van der Waals surface area contributed by atoms with Crippen molar-refractivity contribution in [2.45, 2.75) is 39.7 Å². The fraction of sp³-hybridized carbons (Fsp3) is 0.588. The van der Waals surface area contributed by atoms with Crippen LogP contribution in [0.2, 0.25) is 0 Å². The van der Waals surface area contributed by atoms with Gasteiger partial charge in [0.15, 0.2) is 0 Å². The van der Waals surface area contributed by atoms with Crippen LogP contribution < -0.4 is 10.6 Å². The Kier molecular flexibility index (Phi) is 4.99. The molecule has 1 aromatic rings. The Morgan fingerprint density at radius 1 is 1.24 bits per heavy atom. The smallest absolute Gasteiger partial charge is 0.223 e. The van der Waals surface area contributed by atoms with Crippen LogP contribution in [0, 0.1) is 17.2 Å². The van der Waals surface area contributed by atoms with Gasteiger partial charge in [-0.25, -0.2) is 4.39 Å². The average molecular weight is 292 g/mol. The van der Waals surface area contributed by atoms with Crippen LogP contribution in [0.1, 0.15) is 45.2 Å². The predicted molar refractivity (Wildman–Crippen MR) is 82.3 cm³/mol. The van der Waals surface area contributed by atoms with Crippen LogP contribution in [0.15, 0.2) is 24.3 Å². The summed E-state index contributed by atoms with van der Waals surface area (Å²) in [6, 6.07) is 6.30. The number of halogens is 1. The molecular weight excluding hydrogens is 267 g/mol. The van der Waals surface area contributed by atoms with E-state index in [0.29, 0.717) is 0 Å². The Morgan fingerprint density at radius 3 is 2.33 bits per heavy atom. The first-order valence-electron chi connectivity index (χ1n) is 7.64. The minimum Gasteiger partial charge on any atom is -0.349 e. The molecule has 2 N–H and O–H groups in total. The van der Waals surface area contributed by atoms with Crippen LogP contribution in [0.4, 0.5) is 4.39 Å². The second kappa shape index (κ2) is 6.56. The highest BCUT2D eigenvalue weighted by Crippen LogP contribution is 2.33. The third-order valence-electron chi connectivity index (χ3n) is 4.07. The zero-order valence-corrected chi connectivity index (χ0v) is 13.1. The zero-order valence-electron chi connectivity index (χ0n) is 13.1. The molecule has 1 aromatic carbocycles. The molecule has 1 aliphatic heterocycles. The number of benzene rings is 1. The molecule has 0 aliphatic carbocycles. The van der Waals surface area contributed by atoms with E-state index in [-0.39, 0.29) is 29.1 Å². The summed E-state index contributed by atoms with van der Waals surface area (Å²) in [5.74, 6) is -0.0617. The van der Waals surface area contributed by atoms with Crippen LogP contribution >= 0.6 is 0 Å². The highest BCUT2D eigenvalue weighted by atomic mass is 19.1. The molecule has 1 amide bonds. The standard InChI is InChI=1S/C17H25FN2O/c1-17(2,3)15(12-4-6-14(18)7-5-12)20-16(21)13-8-10-19-11-9-13/h4-7,13,15,19H,8-11H2,1-3H3,(H,20,21). The Morgan fingerprint density at radius 2 is 1.81 bits per heavy atom. The van der Waals surface area contributed by atoms with Crippen molar-refractivity contribution in [2.24, 2.45) is 11.3 Å². The molecule has 1 atom stereocenters. The van der Waals surface area contributed by atoms with Gasteiger partial charge in [-0.05, 0) is 49.0 Å². The molecule has 116 valence electrons.